The van der Waals surface area contributed by atoms with Gasteiger partial charge in [0.1, 0.15) is 5.75 Å². The number of nitrogens with one attached hydrogen (secondary N) is 1. The van der Waals surface area contributed by atoms with E-state index in [4.69, 9.17) is 4.74 Å². The SMILES string of the molecule is CN1CC=C(c2cn(S(=O)(=O)c3ccc4c(c3)OCC(=O)N4)c3ncccc23)CC1. The predicted octanol–water partition coefficient (Wildman–Crippen LogP) is 2.32. The number of rotatable bonds is 3. The highest BCUT2D eigenvalue weighted by atomic mass is 32.2. The van der Waals surface area contributed by atoms with Gasteiger partial charge in [0.05, 0.1) is 10.6 Å². The molecule has 0 fully saturated rings. The van der Waals surface area contributed by atoms with Gasteiger partial charge in [0.2, 0.25) is 0 Å². The third-order valence-electron chi connectivity index (χ3n) is 5.43. The van der Waals surface area contributed by atoms with Crippen molar-refractivity contribution in [3.63, 3.8) is 0 Å². The van der Waals surface area contributed by atoms with E-state index < -0.39 is 10.0 Å². The summed E-state index contributed by atoms with van der Waals surface area (Å²) in [6, 6.07) is 8.15. The van der Waals surface area contributed by atoms with E-state index in [0.717, 1.165) is 36.0 Å². The molecular formula is C21H20N4O4S. The van der Waals surface area contributed by atoms with E-state index >= 15 is 0 Å². The maximum atomic E-state index is 13.5. The lowest BCUT2D eigenvalue weighted by Crippen LogP contribution is -2.25. The maximum absolute atomic E-state index is 13.5. The number of benzene rings is 1. The minimum absolute atomic E-state index is 0.0730. The van der Waals surface area contributed by atoms with Crippen LogP contribution in [0.15, 0.2) is 53.7 Å². The van der Waals surface area contributed by atoms with Crippen LogP contribution in [-0.4, -0.2) is 54.9 Å². The molecule has 1 N–H and O–H groups in total. The lowest BCUT2D eigenvalue weighted by Gasteiger charge is -2.21. The number of pyridine rings is 1. The van der Waals surface area contributed by atoms with Crippen molar-refractivity contribution in [3.8, 4) is 5.75 Å². The fourth-order valence-electron chi connectivity index (χ4n) is 3.81. The molecule has 2 aliphatic heterocycles. The number of carbonyl (C=O) groups is 1. The number of anilines is 1. The summed E-state index contributed by atoms with van der Waals surface area (Å²) >= 11 is 0. The molecule has 0 spiro atoms. The predicted molar refractivity (Wildman–Crippen MR) is 113 cm³/mol. The first-order valence-corrected chi connectivity index (χ1v) is 11.0. The van der Waals surface area contributed by atoms with Crippen molar-refractivity contribution in [2.24, 2.45) is 0 Å². The van der Waals surface area contributed by atoms with Gasteiger partial charge in [-0.15, -0.1) is 0 Å². The minimum Gasteiger partial charge on any atom is -0.482 e. The van der Waals surface area contributed by atoms with E-state index in [1.807, 2.05) is 12.1 Å². The van der Waals surface area contributed by atoms with Crippen LogP contribution in [0.5, 0.6) is 5.75 Å². The minimum atomic E-state index is -3.92. The molecule has 30 heavy (non-hydrogen) atoms. The lowest BCUT2D eigenvalue weighted by atomic mass is 10.00. The van der Waals surface area contributed by atoms with Crippen molar-refractivity contribution in [2.45, 2.75) is 11.3 Å². The van der Waals surface area contributed by atoms with Gasteiger partial charge in [-0.3, -0.25) is 4.79 Å². The molecule has 1 aromatic carbocycles. The summed E-state index contributed by atoms with van der Waals surface area (Å²) in [4.78, 5) is 18.1. The number of hydrogen-bond donors (Lipinski definition) is 1. The van der Waals surface area contributed by atoms with Crippen LogP contribution in [0.1, 0.15) is 12.0 Å². The van der Waals surface area contributed by atoms with Crippen LogP contribution in [0.3, 0.4) is 0 Å². The fourth-order valence-corrected chi connectivity index (χ4v) is 5.15. The topological polar surface area (TPSA) is 93.5 Å². The zero-order chi connectivity index (χ0) is 20.9. The number of amides is 1. The van der Waals surface area contributed by atoms with Gasteiger partial charge in [-0.1, -0.05) is 6.08 Å². The molecule has 0 atom stereocenters. The first-order valence-electron chi connectivity index (χ1n) is 9.60. The molecule has 0 saturated heterocycles. The van der Waals surface area contributed by atoms with E-state index in [0.29, 0.717) is 17.1 Å². The molecule has 2 aromatic heterocycles. The number of aromatic nitrogens is 2. The number of fused-ring (bicyclic) bond motifs is 2. The van der Waals surface area contributed by atoms with Gasteiger partial charge in [0.25, 0.3) is 15.9 Å². The zero-order valence-corrected chi connectivity index (χ0v) is 17.1. The quantitative estimate of drug-likeness (QED) is 0.694. The Labute approximate surface area is 173 Å². The number of hydrogen-bond acceptors (Lipinski definition) is 6. The third-order valence-corrected chi connectivity index (χ3v) is 7.08. The lowest BCUT2D eigenvalue weighted by molar-refractivity contribution is -0.118. The Morgan fingerprint density at radius 1 is 1.23 bits per heavy atom. The molecule has 5 rings (SSSR count). The molecule has 0 saturated carbocycles. The van der Waals surface area contributed by atoms with E-state index in [-0.39, 0.29) is 17.4 Å². The summed E-state index contributed by atoms with van der Waals surface area (Å²) < 4.78 is 33.6. The summed E-state index contributed by atoms with van der Waals surface area (Å²) in [5.74, 6) is 0.0631. The highest BCUT2D eigenvalue weighted by Crippen LogP contribution is 2.34. The van der Waals surface area contributed by atoms with Crippen LogP contribution >= 0.6 is 0 Å². The highest BCUT2D eigenvalue weighted by molar-refractivity contribution is 7.90. The van der Waals surface area contributed by atoms with Crippen molar-refractivity contribution >= 4 is 38.2 Å². The summed E-state index contributed by atoms with van der Waals surface area (Å²) in [5.41, 5.74) is 2.85. The maximum Gasteiger partial charge on any atom is 0.269 e. The van der Waals surface area contributed by atoms with E-state index in [9.17, 15) is 13.2 Å². The van der Waals surface area contributed by atoms with Crippen LogP contribution < -0.4 is 10.1 Å². The average molecular weight is 424 g/mol. The molecule has 0 unspecified atom stereocenters. The Bertz CT molecular complexity index is 1310. The second kappa shape index (κ2) is 6.96. The van der Waals surface area contributed by atoms with Crippen LogP contribution in [0.2, 0.25) is 0 Å². The smallest absolute Gasteiger partial charge is 0.269 e. The number of nitrogens with zero attached hydrogens (tertiary/aromatic N) is 3. The van der Waals surface area contributed by atoms with Crippen molar-refractivity contribution in [3.05, 3.63) is 54.4 Å². The number of carbonyl (C=O) groups excluding carboxylic acids is 1. The van der Waals surface area contributed by atoms with Gasteiger partial charge < -0.3 is 15.0 Å². The van der Waals surface area contributed by atoms with Crippen molar-refractivity contribution in [1.29, 1.82) is 0 Å². The van der Waals surface area contributed by atoms with E-state index in [1.54, 1.807) is 18.5 Å². The summed E-state index contributed by atoms with van der Waals surface area (Å²) in [5, 5.41) is 3.47. The Balaban J connectivity index is 1.63. The van der Waals surface area contributed by atoms with Gasteiger partial charge in [0, 0.05) is 42.5 Å². The molecule has 2 aliphatic rings. The van der Waals surface area contributed by atoms with Crippen molar-refractivity contribution in [1.82, 2.24) is 13.9 Å². The second-order valence-electron chi connectivity index (χ2n) is 7.45. The molecule has 8 nitrogen and oxygen atoms in total. The Morgan fingerprint density at radius 2 is 2.10 bits per heavy atom. The van der Waals surface area contributed by atoms with Crippen molar-refractivity contribution < 1.29 is 17.9 Å². The number of ether oxygens (including phenoxy) is 1. The molecule has 3 aromatic rings. The largest absolute Gasteiger partial charge is 0.482 e. The normalized spacial score (nSPS) is 17.2. The molecule has 0 radical (unpaired) electrons. The summed E-state index contributed by atoms with van der Waals surface area (Å²) in [7, 11) is -1.86. The Kier molecular flexibility index (Phi) is 4.37. The zero-order valence-electron chi connectivity index (χ0n) is 16.3. The van der Waals surface area contributed by atoms with Crippen LogP contribution in [0.25, 0.3) is 16.6 Å². The average Bonchev–Trinajstić information content (AvgIpc) is 3.14. The standard InChI is InChI=1S/C21H20N4O4S/c1-24-9-6-14(7-10-24)17-12-25(21-16(17)3-2-8-22-21)30(27,28)15-4-5-18-19(11-15)29-13-20(26)23-18/h2-6,8,11-12H,7,9-10,13H2,1H3,(H,23,26). The van der Waals surface area contributed by atoms with Gasteiger partial charge in [-0.05, 0) is 43.3 Å². The van der Waals surface area contributed by atoms with Crippen LogP contribution in [-0.2, 0) is 14.8 Å². The second-order valence-corrected chi connectivity index (χ2v) is 9.27. The molecular weight excluding hydrogens is 404 g/mol. The van der Waals surface area contributed by atoms with E-state index in [2.05, 4.69) is 28.3 Å². The van der Waals surface area contributed by atoms with Gasteiger partial charge in [-0.25, -0.2) is 17.4 Å². The molecule has 9 heteroatoms. The molecule has 1 amide bonds. The van der Waals surface area contributed by atoms with Crippen LogP contribution in [0, 0.1) is 0 Å². The van der Waals surface area contributed by atoms with Gasteiger partial charge in [0.15, 0.2) is 12.3 Å². The fraction of sp³-hybridized carbons (Fsp3) is 0.238. The monoisotopic (exact) mass is 424 g/mol. The summed E-state index contributed by atoms with van der Waals surface area (Å²) in [6.07, 6.45) is 6.23. The molecule has 0 bridgehead atoms. The van der Waals surface area contributed by atoms with Gasteiger partial charge >= 0.3 is 0 Å². The summed E-state index contributed by atoms with van der Waals surface area (Å²) in [6.45, 7) is 1.60. The first-order chi connectivity index (χ1) is 14.4. The Hall–Kier alpha value is -3.17. The Morgan fingerprint density at radius 3 is 2.90 bits per heavy atom. The molecule has 0 aliphatic carbocycles. The number of likely N-dealkylation sites (N-methyl/N-ethyl adjacent to an activating group) is 1. The molecule has 154 valence electrons. The van der Waals surface area contributed by atoms with E-state index in [1.165, 1.54) is 16.1 Å². The van der Waals surface area contributed by atoms with Crippen LogP contribution in [0.4, 0.5) is 5.69 Å². The van der Waals surface area contributed by atoms with Crippen molar-refractivity contribution in [2.75, 3.05) is 32.1 Å². The van der Waals surface area contributed by atoms with Gasteiger partial charge in [-0.2, -0.15) is 0 Å². The first kappa shape index (κ1) is 18.8. The third kappa shape index (κ3) is 3.06. The highest BCUT2D eigenvalue weighted by Gasteiger charge is 2.26. The molecule has 4 heterocycles.